The molecule has 0 spiro atoms. The van der Waals surface area contributed by atoms with Crippen LogP contribution in [-0.2, 0) is 0 Å². The smallest absolute Gasteiger partial charge is 0.255 e. The van der Waals surface area contributed by atoms with E-state index in [4.69, 9.17) is 4.74 Å². The monoisotopic (exact) mass is 410 g/mol. The molecule has 0 fully saturated rings. The zero-order valence-electron chi connectivity index (χ0n) is 17.3. The number of nitrogens with one attached hydrogen (secondary N) is 2. The quantitative estimate of drug-likeness (QED) is 0.415. The molecule has 6 nitrogen and oxygen atoms in total. The Balaban J connectivity index is 1.41. The lowest BCUT2D eigenvalue weighted by Crippen LogP contribution is -2.11. The first-order chi connectivity index (χ1) is 15.0. The molecular formula is C25H22N4O2. The van der Waals surface area contributed by atoms with Crippen molar-refractivity contribution in [1.29, 1.82) is 0 Å². The van der Waals surface area contributed by atoms with Gasteiger partial charge in [0.15, 0.2) is 0 Å². The van der Waals surface area contributed by atoms with E-state index in [0.29, 0.717) is 22.9 Å². The van der Waals surface area contributed by atoms with Crippen LogP contribution in [0.2, 0.25) is 0 Å². The van der Waals surface area contributed by atoms with E-state index in [1.165, 1.54) is 0 Å². The van der Waals surface area contributed by atoms with Gasteiger partial charge in [-0.25, -0.2) is 9.97 Å². The third-order valence-electron chi connectivity index (χ3n) is 4.46. The van der Waals surface area contributed by atoms with Gasteiger partial charge in [0.2, 0.25) is 5.95 Å². The molecule has 2 N–H and O–H groups in total. The molecule has 0 unspecified atom stereocenters. The summed E-state index contributed by atoms with van der Waals surface area (Å²) < 4.78 is 5.81. The number of carbonyl (C=O) groups excluding carboxylic acids is 1. The average Bonchev–Trinajstić information content (AvgIpc) is 2.75. The molecule has 1 heterocycles. The highest BCUT2D eigenvalue weighted by atomic mass is 16.5. The minimum atomic E-state index is -0.211. The van der Waals surface area contributed by atoms with Gasteiger partial charge in [-0.2, -0.15) is 0 Å². The first kappa shape index (κ1) is 20.1. The predicted molar refractivity (Wildman–Crippen MR) is 122 cm³/mol. The number of benzene rings is 3. The lowest BCUT2D eigenvalue weighted by Gasteiger charge is -2.10. The number of nitrogens with zero attached hydrogens (tertiary/aromatic N) is 2. The molecule has 31 heavy (non-hydrogen) atoms. The second-order valence-electron chi connectivity index (χ2n) is 7.07. The SMILES string of the molecule is Cc1cc(C)nc(Nc2ccc(NC(=O)c3cccc(Oc4ccccc4)c3)cc2)n1. The van der Waals surface area contributed by atoms with Crippen molar-refractivity contribution in [2.45, 2.75) is 13.8 Å². The second-order valence-corrected chi connectivity index (χ2v) is 7.07. The van der Waals surface area contributed by atoms with E-state index >= 15 is 0 Å². The van der Waals surface area contributed by atoms with Crippen molar-refractivity contribution in [2.75, 3.05) is 10.6 Å². The molecule has 1 aromatic heterocycles. The van der Waals surface area contributed by atoms with Gasteiger partial charge in [0, 0.05) is 28.3 Å². The Morgan fingerprint density at radius 2 is 1.39 bits per heavy atom. The summed E-state index contributed by atoms with van der Waals surface area (Å²) >= 11 is 0. The molecule has 154 valence electrons. The highest BCUT2D eigenvalue weighted by Crippen LogP contribution is 2.23. The van der Waals surface area contributed by atoms with Gasteiger partial charge in [-0.15, -0.1) is 0 Å². The Kier molecular flexibility index (Phi) is 5.89. The van der Waals surface area contributed by atoms with Crippen molar-refractivity contribution in [1.82, 2.24) is 9.97 Å². The van der Waals surface area contributed by atoms with Crippen LogP contribution in [0.5, 0.6) is 11.5 Å². The molecule has 0 aliphatic heterocycles. The molecule has 0 aliphatic carbocycles. The molecule has 0 saturated carbocycles. The number of rotatable bonds is 6. The van der Waals surface area contributed by atoms with Crippen molar-refractivity contribution < 1.29 is 9.53 Å². The van der Waals surface area contributed by atoms with Gasteiger partial charge in [0.25, 0.3) is 5.91 Å². The summed E-state index contributed by atoms with van der Waals surface area (Å²) in [6, 6.07) is 25.8. The largest absolute Gasteiger partial charge is 0.457 e. The van der Waals surface area contributed by atoms with Crippen LogP contribution >= 0.6 is 0 Å². The highest BCUT2D eigenvalue weighted by Gasteiger charge is 2.08. The molecule has 0 saturated heterocycles. The number of amides is 1. The lowest BCUT2D eigenvalue weighted by molar-refractivity contribution is 0.102. The second kappa shape index (κ2) is 9.09. The molecule has 3 aromatic carbocycles. The van der Waals surface area contributed by atoms with Gasteiger partial charge >= 0.3 is 0 Å². The summed E-state index contributed by atoms with van der Waals surface area (Å²) in [5.41, 5.74) is 3.83. The first-order valence-electron chi connectivity index (χ1n) is 9.89. The van der Waals surface area contributed by atoms with Crippen molar-refractivity contribution in [2.24, 2.45) is 0 Å². The Labute approximate surface area is 181 Å². The predicted octanol–water partition coefficient (Wildman–Crippen LogP) is 5.88. The fraction of sp³-hybridized carbons (Fsp3) is 0.0800. The maximum absolute atomic E-state index is 12.7. The van der Waals surface area contributed by atoms with E-state index in [0.717, 1.165) is 22.8 Å². The number of hydrogen-bond acceptors (Lipinski definition) is 5. The standard InChI is InChI=1S/C25H22N4O2/c1-17-15-18(2)27-25(26-17)29-21-13-11-20(12-14-21)28-24(30)19-7-6-10-23(16-19)31-22-8-4-3-5-9-22/h3-16H,1-2H3,(H,28,30)(H,26,27,29). The summed E-state index contributed by atoms with van der Waals surface area (Å²) in [5, 5.41) is 6.08. The number of aromatic nitrogens is 2. The van der Waals surface area contributed by atoms with Gasteiger partial charge in [0.1, 0.15) is 11.5 Å². The molecule has 0 atom stereocenters. The van der Waals surface area contributed by atoms with E-state index in [2.05, 4.69) is 20.6 Å². The van der Waals surface area contributed by atoms with E-state index < -0.39 is 0 Å². The number of aryl methyl sites for hydroxylation is 2. The lowest BCUT2D eigenvalue weighted by atomic mass is 10.2. The minimum Gasteiger partial charge on any atom is -0.457 e. The van der Waals surface area contributed by atoms with Crippen molar-refractivity contribution >= 4 is 23.2 Å². The van der Waals surface area contributed by atoms with E-state index in [1.807, 2.05) is 80.6 Å². The van der Waals surface area contributed by atoms with Gasteiger partial charge < -0.3 is 15.4 Å². The van der Waals surface area contributed by atoms with Crippen LogP contribution in [-0.4, -0.2) is 15.9 Å². The van der Waals surface area contributed by atoms with Gasteiger partial charge in [-0.05, 0) is 74.5 Å². The van der Waals surface area contributed by atoms with Crippen molar-refractivity contribution in [3.05, 3.63) is 102 Å². The number of para-hydroxylation sites is 1. The van der Waals surface area contributed by atoms with Crippen LogP contribution in [0.1, 0.15) is 21.7 Å². The molecule has 0 radical (unpaired) electrons. The molecule has 6 heteroatoms. The average molecular weight is 410 g/mol. The summed E-state index contributed by atoms with van der Waals surface area (Å²) in [7, 11) is 0. The first-order valence-corrected chi connectivity index (χ1v) is 9.89. The normalized spacial score (nSPS) is 10.4. The summed E-state index contributed by atoms with van der Waals surface area (Å²) in [6.45, 7) is 3.86. The van der Waals surface area contributed by atoms with E-state index in [1.54, 1.807) is 18.2 Å². The number of anilines is 3. The molecule has 0 aliphatic rings. The van der Waals surface area contributed by atoms with Gasteiger partial charge in [-0.3, -0.25) is 4.79 Å². The van der Waals surface area contributed by atoms with E-state index in [-0.39, 0.29) is 5.91 Å². The fourth-order valence-electron chi connectivity index (χ4n) is 3.08. The van der Waals surface area contributed by atoms with Crippen LogP contribution in [0.4, 0.5) is 17.3 Å². The van der Waals surface area contributed by atoms with Crippen LogP contribution in [0.25, 0.3) is 0 Å². The summed E-state index contributed by atoms with van der Waals surface area (Å²) in [4.78, 5) is 21.4. The summed E-state index contributed by atoms with van der Waals surface area (Å²) in [5.74, 6) is 1.66. The Morgan fingerprint density at radius 3 is 2.10 bits per heavy atom. The van der Waals surface area contributed by atoms with Gasteiger partial charge in [-0.1, -0.05) is 24.3 Å². The van der Waals surface area contributed by atoms with E-state index in [9.17, 15) is 4.79 Å². The van der Waals surface area contributed by atoms with Crippen LogP contribution < -0.4 is 15.4 Å². The number of ether oxygens (including phenoxy) is 1. The third-order valence-corrected chi connectivity index (χ3v) is 4.46. The van der Waals surface area contributed by atoms with Crippen molar-refractivity contribution in [3.8, 4) is 11.5 Å². The molecule has 4 rings (SSSR count). The third kappa shape index (κ3) is 5.45. The Hall–Kier alpha value is -4.19. The topological polar surface area (TPSA) is 76.1 Å². The molecular weight excluding hydrogens is 388 g/mol. The van der Waals surface area contributed by atoms with Crippen LogP contribution in [0.3, 0.4) is 0 Å². The minimum absolute atomic E-state index is 0.211. The maximum Gasteiger partial charge on any atom is 0.255 e. The Bertz CT molecular complexity index is 1170. The van der Waals surface area contributed by atoms with Crippen LogP contribution in [0, 0.1) is 13.8 Å². The molecule has 0 bridgehead atoms. The Morgan fingerprint density at radius 1 is 0.742 bits per heavy atom. The highest BCUT2D eigenvalue weighted by molar-refractivity contribution is 6.04. The zero-order valence-corrected chi connectivity index (χ0v) is 17.3. The van der Waals surface area contributed by atoms with Crippen LogP contribution in [0.15, 0.2) is 84.9 Å². The summed E-state index contributed by atoms with van der Waals surface area (Å²) in [6.07, 6.45) is 0. The number of hydrogen-bond donors (Lipinski definition) is 2. The van der Waals surface area contributed by atoms with Crippen molar-refractivity contribution in [3.63, 3.8) is 0 Å². The van der Waals surface area contributed by atoms with Gasteiger partial charge in [0.05, 0.1) is 0 Å². The molecule has 4 aromatic rings. The maximum atomic E-state index is 12.7. The fourth-order valence-corrected chi connectivity index (χ4v) is 3.08. The number of carbonyl (C=O) groups is 1. The molecule has 1 amide bonds. The zero-order chi connectivity index (χ0) is 21.6.